The van der Waals surface area contributed by atoms with Crippen molar-refractivity contribution in [2.75, 3.05) is 19.4 Å². The average Bonchev–Trinajstić information content (AvgIpc) is 3.28. The lowest BCUT2D eigenvalue weighted by atomic mass is 9.97. The summed E-state index contributed by atoms with van der Waals surface area (Å²) in [5.41, 5.74) is 6.50. The number of benzene rings is 2. The molecule has 0 radical (unpaired) electrons. The van der Waals surface area contributed by atoms with Crippen LogP contribution in [0.4, 0.5) is 24.7 Å². The molecule has 2 N–H and O–H groups in total. The third-order valence-electron chi connectivity index (χ3n) is 6.29. The topological polar surface area (TPSA) is 88.0 Å². The summed E-state index contributed by atoms with van der Waals surface area (Å²) in [6.45, 7) is 5.98. The van der Waals surface area contributed by atoms with Crippen LogP contribution in [-0.4, -0.2) is 44.6 Å². The molecule has 0 amide bonds. The second kappa shape index (κ2) is 12.0. The summed E-state index contributed by atoms with van der Waals surface area (Å²) in [5.74, 6) is 0.900. The maximum Gasteiger partial charge on any atom is 0.416 e. The zero-order valence-electron chi connectivity index (χ0n) is 23.1. The number of nitrogens with one attached hydrogen (secondary N) is 2. The largest absolute Gasteiger partial charge is 0.416 e. The van der Waals surface area contributed by atoms with E-state index in [-0.39, 0.29) is 18.5 Å². The molecule has 0 aliphatic heterocycles. The average molecular weight is 552 g/mol. The fourth-order valence-corrected chi connectivity index (χ4v) is 4.17. The van der Waals surface area contributed by atoms with Crippen LogP contribution < -0.4 is 10.7 Å². The van der Waals surface area contributed by atoms with Gasteiger partial charge in [-0.15, -0.1) is 0 Å². The number of nitrogens with zero attached hydrogens (tertiary/aromatic N) is 5. The van der Waals surface area contributed by atoms with Crippen molar-refractivity contribution in [1.82, 2.24) is 30.2 Å². The fourth-order valence-electron chi connectivity index (χ4n) is 4.17. The van der Waals surface area contributed by atoms with Crippen molar-refractivity contribution in [3.63, 3.8) is 0 Å². The van der Waals surface area contributed by atoms with E-state index in [4.69, 9.17) is 0 Å². The van der Waals surface area contributed by atoms with Crippen LogP contribution >= 0.6 is 0 Å². The number of ketones is 1. The predicted molar refractivity (Wildman–Crippen MR) is 148 cm³/mol. The van der Waals surface area contributed by atoms with Gasteiger partial charge in [0.15, 0.2) is 11.6 Å². The third kappa shape index (κ3) is 7.10. The van der Waals surface area contributed by atoms with Gasteiger partial charge in [0.25, 0.3) is 0 Å². The normalized spacial score (nSPS) is 11.7. The first-order chi connectivity index (χ1) is 18.9. The lowest BCUT2D eigenvalue weighted by molar-refractivity contribution is -0.137. The van der Waals surface area contributed by atoms with Crippen molar-refractivity contribution in [2.24, 2.45) is 0 Å². The third-order valence-corrected chi connectivity index (χ3v) is 6.29. The van der Waals surface area contributed by atoms with Crippen molar-refractivity contribution in [2.45, 2.75) is 46.3 Å². The number of carbonyl (C=O) groups excluding carboxylic acids is 1. The summed E-state index contributed by atoms with van der Waals surface area (Å²) in [7, 11) is 3.49. The highest BCUT2D eigenvalue weighted by Gasteiger charge is 2.31. The Morgan fingerprint density at radius 2 is 1.77 bits per heavy atom. The van der Waals surface area contributed by atoms with E-state index in [0.717, 1.165) is 41.2 Å². The first-order valence-corrected chi connectivity index (χ1v) is 12.8. The predicted octanol–water partition coefficient (Wildman–Crippen LogP) is 5.60. The van der Waals surface area contributed by atoms with Gasteiger partial charge in [-0.2, -0.15) is 23.0 Å². The molecule has 4 rings (SSSR count). The molecule has 0 saturated heterocycles. The standard InChI is InChI=1S/C29H32F3N7O/c1-6-24-15-27(34-17-33-24)39-28(9-19(3)37-39)36-25-12-20(8-7-18(25)2)13-26(40)22-10-21(16-35-38(4)5)11-23(14-22)29(30,31)32/h7-12,14-15,17,35-36H,6,13,16H2,1-5H3. The lowest BCUT2D eigenvalue weighted by Gasteiger charge is -2.16. The number of aromatic nitrogens is 4. The summed E-state index contributed by atoms with van der Waals surface area (Å²) in [6, 6.07) is 12.8. The molecule has 0 aliphatic carbocycles. The number of hydrogen-bond donors (Lipinski definition) is 2. The highest BCUT2D eigenvalue weighted by atomic mass is 19.4. The SMILES string of the molecule is CCc1cc(-n2nc(C)cc2Nc2cc(CC(=O)c3cc(CNN(C)C)cc(C(F)(F)F)c3)ccc2C)ncn1. The van der Waals surface area contributed by atoms with Gasteiger partial charge in [0.1, 0.15) is 12.1 Å². The van der Waals surface area contributed by atoms with E-state index in [9.17, 15) is 18.0 Å². The van der Waals surface area contributed by atoms with Crippen LogP contribution in [0.5, 0.6) is 0 Å². The molecule has 0 fully saturated rings. The summed E-state index contributed by atoms with van der Waals surface area (Å²) in [5, 5.41) is 9.59. The molecule has 11 heteroatoms. The number of hydrogen-bond acceptors (Lipinski definition) is 7. The van der Waals surface area contributed by atoms with Crippen molar-refractivity contribution >= 4 is 17.3 Å². The summed E-state index contributed by atoms with van der Waals surface area (Å²) in [6.07, 6.45) is -2.36. The van der Waals surface area contributed by atoms with Crippen LogP contribution in [0.1, 0.15) is 50.9 Å². The van der Waals surface area contributed by atoms with Crippen molar-refractivity contribution in [3.05, 3.63) is 94.1 Å². The molecule has 0 unspecified atom stereocenters. The van der Waals surface area contributed by atoms with E-state index in [1.54, 1.807) is 29.9 Å². The number of Topliss-reactive ketones (excluding diaryl/α,β-unsaturated/α-hetero) is 1. The van der Waals surface area contributed by atoms with Gasteiger partial charge in [-0.25, -0.2) is 9.97 Å². The number of halogens is 3. The Balaban J connectivity index is 1.60. The molecule has 210 valence electrons. The fraction of sp³-hybridized carbons (Fsp3) is 0.310. The van der Waals surface area contributed by atoms with Crippen LogP contribution in [0.2, 0.25) is 0 Å². The lowest BCUT2D eigenvalue weighted by Crippen LogP contribution is -2.29. The smallest absolute Gasteiger partial charge is 0.340 e. The van der Waals surface area contributed by atoms with E-state index in [1.807, 2.05) is 45.0 Å². The van der Waals surface area contributed by atoms with E-state index in [2.05, 4.69) is 25.8 Å². The van der Waals surface area contributed by atoms with E-state index in [1.165, 1.54) is 12.4 Å². The molecule has 0 atom stereocenters. The maximum atomic E-state index is 13.6. The number of alkyl halides is 3. The molecule has 0 saturated carbocycles. The molecule has 0 bridgehead atoms. The Labute approximate surface area is 231 Å². The number of carbonyl (C=O) groups is 1. The van der Waals surface area contributed by atoms with E-state index < -0.39 is 17.5 Å². The molecule has 2 aromatic carbocycles. The Hall–Kier alpha value is -4.09. The molecule has 8 nitrogen and oxygen atoms in total. The molecule has 2 aromatic heterocycles. The Morgan fingerprint density at radius 1 is 1.00 bits per heavy atom. The van der Waals surface area contributed by atoms with Crippen molar-refractivity contribution in [3.8, 4) is 5.82 Å². The Morgan fingerprint density at radius 3 is 2.48 bits per heavy atom. The second-order valence-corrected chi connectivity index (χ2v) is 9.82. The van der Waals surface area contributed by atoms with Crippen LogP contribution in [0.25, 0.3) is 5.82 Å². The van der Waals surface area contributed by atoms with Gasteiger partial charge in [-0.1, -0.05) is 19.1 Å². The summed E-state index contributed by atoms with van der Waals surface area (Å²) < 4.78 is 42.4. The van der Waals surface area contributed by atoms with Crippen LogP contribution in [0.3, 0.4) is 0 Å². The minimum Gasteiger partial charge on any atom is -0.340 e. The highest BCUT2D eigenvalue weighted by molar-refractivity contribution is 5.98. The zero-order chi connectivity index (χ0) is 29.0. The molecular formula is C29H32F3N7O. The van der Waals surface area contributed by atoms with Crippen LogP contribution in [0, 0.1) is 13.8 Å². The first-order valence-electron chi connectivity index (χ1n) is 12.8. The monoisotopic (exact) mass is 551 g/mol. The molecule has 2 heterocycles. The van der Waals surface area contributed by atoms with Crippen molar-refractivity contribution < 1.29 is 18.0 Å². The first kappa shape index (κ1) is 28.9. The molecule has 40 heavy (non-hydrogen) atoms. The molecule has 0 spiro atoms. The van der Waals surface area contributed by atoms with Gasteiger partial charge < -0.3 is 5.32 Å². The van der Waals surface area contributed by atoms with E-state index >= 15 is 0 Å². The number of anilines is 2. The van der Waals surface area contributed by atoms with Gasteiger partial charge in [-0.3, -0.25) is 15.2 Å². The maximum absolute atomic E-state index is 13.6. The van der Waals surface area contributed by atoms with Gasteiger partial charge in [0.2, 0.25) is 0 Å². The van der Waals surface area contributed by atoms with Gasteiger partial charge in [-0.05, 0) is 61.2 Å². The molecular weight excluding hydrogens is 519 g/mol. The number of hydrazine groups is 1. The summed E-state index contributed by atoms with van der Waals surface area (Å²) in [4.78, 5) is 21.8. The number of aryl methyl sites for hydroxylation is 3. The summed E-state index contributed by atoms with van der Waals surface area (Å²) >= 11 is 0. The second-order valence-electron chi connectivity index (χ2n) is 9.82. The Kier molecular flexibility index (Phi) is 8.65. The molecule has 4 aromatic rings. The highest BCUT2D eigenvalue weighted by Crippen LogP contribution is 2.31. The van der Waals surface area contributed by atoms with Crippen LogP contribution in [0.15, 0.2) is 54.9 Å². The van der Waals surface area contributed by atoms with Crippen molar-refractivity contribution in [1.29, 1.82) is 0 Å². The van der Waals surface area contributed by atoms with Crippen LogP contribution in [-0.2, 0) is 25.6 Å². The quantitative estimate of drug-likeness (QED) is 0.196. The zero-order valence-corrected chi connectivity index (χ0v) is 23.1. The van der Waals surface area contributed by atoms with E-state index in [0.29, 0.717) is 22.8 Å². The Bertz CT molecular complexity index is 1510. The van der Waals surface area contributed by atoms with Gasteiger partial charge in [0.05, 0.1) is 11.3 Å². The van der Waals surface area contributed by atoms with Gasteiger partial charge in [0, 0.05) is 56.1 Å². The number of rotatable bonds is 10. The molecule has 0 aliphatic rings. The minimum atomic E-state index is -4.56. The van der Waals surface area contributed by atoms with Gasteiger partial charge >= 0.3 is 6.18 Å². The minimum absolute atomic E-state index is 0.0182.